The maximum Gasteiger partial charge on any atom is 0.318 e. The Morgan fingerprint density at radius 2 is 2.18 bits per heavy atom. The molecule has 0 fully saturated rings. The van der Waals surface area contributed by atoms with Gasteiger partial charge in [-0.15, -0.1) is 11.8 Å². The Labute approximate surface area is 72.7 Å². The number of esters is 1. The molecule has 1 unspecified atom stereocenters. The van der Waals surface area contributed by atoms with Crippen LogP contribution in [0, 0.1) is 0 Å². The van der Waals surface area contributed by atoms with Gasteiger partial charge in [-0.3, -0.25) is 4.79 Å². The molecule has 0 aromatic rings. The summed E-state index contributed by atoms with van der Waals surface area (Å²) in [6.07, 6.45) is 1.97. The zero-order valence-corrected chi connectivity index (χ0v) is 8.24. The summed E-state index contributed by atoms with van der Waals surface area (Å²) in [4.78, 5) is 11.0. The molecule has 2 nitrogen and oxygen atoms in total. The van der Waals surface area contributed by atoms with Crippen molar-refractivity contribution in [1.29, 1.82) is 0 Å². The van der Waals surface area contributed by atoms with Crippen LogP contribution in [0.5, 0.6) is 0 Å². The van der Waals surface area contributed by atoms with E-state index in [9.17, 15) is 4.79 Å². The molecular formula is C8H16O2S. The highest BCUT2D eigenvalue weighted by atomic mass is 32.2. The number of carbonyl (C=O) groups excluding carboxylic acids is 1. The molecule has 0 saturated carbocycles. The Kier molecular flexibility index (Phi) is 6.42. The van der Waals surface area contributed by atoms with E-state index in [4.69, 9.17) is 0 Å². The van der Waals surface area contributed by atoms with Gasteiger partial charge < -0.3 is 4.74 Å². The maximum atomic E-state index is 11.0. The molecule has 3 heteroatoms. The minimum absolute atomic E-state index is 0.0416. The molecular weight excluding hydrogens is 160 g/mol. The molecule has 0 N–H and O–H groups in total. The van der Waals surface area contributed by atoms with Crippen LogP contribution in [0.1, 0.15) is 26.7 Å². The lowest BCUT2D eigenvalue weighted by atomic mass is 10.3. The molecule has 66 valence electrons. The number of hydrogen-bond acceptors (Lipinski definition) is 3. The van der Waals surface area contributed by atoms with Crippen LogP contribution in [0.15, 0.2) is 0 Å². The van der Waals surface area contributed by atoms with Crippen molar-refractivity contribution in [2.24, 2.45) is 0 Å². The summed E-state index contributed by atoms with van der Waals surface area (Å²) in [6, 6.07) is 0. The summed E-state index contributed by atoms with van der Waals surface area (Å²) in [6.45, 7) is 4.11. The molecule has 0 aromatic carbocycles. The van der Waals surface area contributed by atoms with Gasteiger partial charge in [0, 0.05) is 0 Å². The molecule has 0 aliphatic rings. The molecule has 0 radical (unpaired) electrons. The van der Waals surface area contributed by atoms with E-state index in [1.54, 1.807) is 11.8 Å². The molecule has 11 heavy (non-hydrogen) atoms. The summed E-state index contributed by atoms with van der Waals surface area (Å²) >= 11 is 1.68. The summed E-state index contributed by atoms with van der Waals surface area (Å²) in [5.74, 6) is 0.944. The minimum Gasteiger partial charge on any atom is -0.468 e. The van der Waals surface area contributed by atoms with Gasteiger partial charge in [-0.05, 0) is 18.6 Å². The molecule has 0 aliphatic carbocycles. The van der Waals surface area contributed by atoms with Crippen molar-refractivity contribution >= 4 is 17.7 Å². The van der Waals surface area contributed by atoms with E-state index in [-0.39, 0.29) is 11.2 Å². The number of rotatable bonds is 5. The highest BCUT2D eigenvalue weighted by Crippen LogP contribution is 2.16. The van der Waals surface area contributed by atoms with Crippen LogP contribution in [0.25, 0.3) is 0 Å². The number of carbonyl (C=O) groups is 1. The normalized spacial score (nSPS) is 12.6. The predicted molar refractivity (Wildman–Crippen MR) is 48.8 cm³/mol. The van der Waals surface area contributed by atoms with E-state index in [0.29, 0.717) is 0 Å². The number of hydrogen-bond donors (Lipinski definition) is 0. The molecule has 0 saturated heterocycles. The first-order chi connectivity index (χ1) is 5.26. The molecule has 0 spiro atoms. The molecule has 0 bridgehead atoms. The lowest BCUT2D eigenvalue weighted by molar-refractivity contribution is -0.140. The van der Waals surface area contributed by atoms with E-state index in [2.05, 4.69) is 11.7 Å². The van der Waals surface area contributed by atoms with E-state index >= 15 is 0 Å². The summed E-state index contributed by atoms with van der Waals surface area (Å²) in [5.41, 5.74) is 0. The van der Waals surface area contributed by atoms with E-state index in [1.165, 1.54) is 7.11 Å². The Morgan fingerprint density at radius 3 is 2.55 bits per heavy atom. The summed E-state index contributed by atoms with van der Waals surface area (Å²) in [7, 11) is 1.44. The highest BCUT2D eigenvalue weighted by Gasteiger charge is 2.15. The third-order valence-corrected chi connectivity index (χ3v) is 2.93. The smallest absolute Gasteiger partial charge is 0.318 e. The largest absolute Gasteiger partial charge is 0.468 e. The topological polar surface area (TPSA) is 26.3 Å². The molecule has 0 heterocycles. The second kappa shape index (κ2) is 6.53. The van der Waals surface area contributed by atoms with Crippen molar-refractivity contribution in [3.63, 3.8) is 0 Å². The second-order valence-electron chi connectivity index (χ2n) is 2.29. The second-order valence-corrected chi connectivity index (χ2v) is 3.60. The molecule has 1 atom stereocenters. The van der Waals surface area contributed by atoms with Crippen molar-refractivity contribution < 1.29 is 9.53 Å². The monoisotopic (exact) mass is 176 g/mol. The van der Waals surface area contributed by atoms with Crippen molar-refractivity contribution in [3.05, 3.63) is 0 Å². The quantitative estimate of drug-likeness (QED) is 0.600. The fourth-order valence-corrected chi connectivity index (χ4v) is 1.73. The van der Waals surface area contributed by atoms with Crippen LogP contribution in [0.3, 0.4) is 0 Å². The molecule has 0 rings (SSSR count). The lowest BCUT2D eigenvalue weighted by Crippen LogP contribution is -2.18. The first kappa shape index (κ1) is 10.8. The Hall–Kier alpha value is -0.180. The SMILES string of the molecule is CCCSC(CC)C(=O)OC. The molecule has 0 aliphatic heterocycles. The zero-order chi connectivity index (χ0) is 8.69. The summed E-state index contributed by atoms with van der Waals surface area (Å²) in [5, 5.41) is 0.0416. The predicted octanol–water partition coefficient (Wildman–Crippen LogP) is 2.08. The van der Waals surface area contributed by atoms with Gasteiger partial charge in [0.1, 0.15) is 5.25 Å². The number of ether oxygens (including phenoxy) is 1. The van der Waals surface area contributed by atoms with Crippen molar-refractivity contribution in [1.82, 2.24) is 0 Å². The Balaban J connectivity index is 3.65. The fourth-order valence-electron chi connectivity index (χ4n) is 0.744. The summed E-state index contributed by atoms with van der Waals surface area (Å²) < 4.78 is 4.64. The van der Waals surface area contributed by atoms with Crippen LogP contribution >= 0.6 is 11.8 Å². The molecule has 0 aromatic heterocycles. The first-order valence-electron chi connectivity index (χ1n) is 3.95. The van der Waals surface area contributed by atoms with Crippen molar-refractivity contribution in [2.45, 2.75) is 31.9 Å². The average molecular weight is 176 g/mol. The zero-order valence-electron chi connectivity index (χ0n) is 7.42. The Morgan fingerprint density at radius 1 is 1.55 bits per heavy atom. The van der Waals surface area contributed by atoms with Crippen LogP contribution in [-0.2, 0) is 9.53 Å². The average Bonchev–Trinajstić information content (AvgIpc) is 2.05. The van der Waals surface area contributed by atoms with Crippen molar-refractivity contribution in [2.75, 3.05) is 12.9 Å². The van der Waals surface area contributed by atoms with Crippen molar-refractivity contribution in [3.8, 4) is 0 Å². The van der Waals surface area contributed by atoms with Crippen LogP contribution in [-0.4, -0.2) is 24.1 Å². The minimum atomic E-state index is -0.0917. The number of methoxy groups -OCH3 is 1. The van der Waals surface area contributed by atoms with Crippen LogP contribution in [0.4, 0.5) is 0 Å². The van der Waals surface area contributed by atoms with Gasteiger partial charge in [0.05, 0.1) is 7.11 Å². The van der Waals surface area contributed by atoms with Gasteiger partial charge in [-0.1, -0.05) is 13.8 Å². The van der Waals surface area contributed by atoms with Gasteiger partial charge >= 0.3 is 5.97 Å². The maximum absolute atomic E-state index is 11.0. The van der Waals surface area contributed by atoms with E-state index in [1.807, 2.05) is 6.92 Å². The van der Waals surface area contributed by atoms with Crippen LogP contribution in [0.2, 0.25) is 0 Å². The Bertz CT molecular complexity index is 115. The number of thioether (sulfide) groups is 1. The van der Waals surface area contributed by atoms with E-state index in [0.717, 1.165) is 18.6 Å². The van der Waals surface area contributed by atoms with E-state index < -0.39 is 0 Å². The van der Waals surface area contributed by atoms with Gasteiger partial charge in [0.15, 0.2) is 0 Å². The van der Waals surface area contributed by atoms with Gasteiger partial charge in [-0.2, -0.15) is 0 Å². The lowest BCUT2D eigenvalue weighted by Gasteiger charge is -2.10. The highest BCUT2D eigenvalue weighted by molar-refractivity contribution is 8.00. The third kappa shape index (κ3) is 4.30. The van der Waals surface area contributed by atoms with Gasteiger partial charge in [0.25, 0.3) is 0 Å². The van der Waals surface area contributed by atoms with Gasteiger partial charge in [0.2, 0.25) is 0 Å². The first-order valence-corrected chi connectivity index (χ1v) is 5.00. The van der Waals surface area contributed by atoms with Gasteiger partial charge in [-0.25, -0.2) is 0 Å². The van der Waals surface area contributed by atoms with Crippen LogP contribution < -0.4 is 0 Å². The fraction of sp³-hybridized carbons (Fsp3) is 0.875. The molecule has 0 amide bonds. The standard InChI is InChI=1S/C8H16O2S/c1-4-6-11-7(5-2)8(9)10-3/h7H,4-6H2,1-3H3. The third-order valence-electron chi connectivity index (χ3n) is 1.36.